The van der Waals surface area contributed by atoms with Crippen molar-refractivity contribution in [1.82, 2.24) is 0 Å². The summed E-state index contributed by atoms with van der Waals surface area (Å²) in [4.78, 5) is 0. The van der Waals surface area contributed by atoms with Crippen LogP contribution in [0.1, 0.15) is 27.2 Å². The van der Waals surface area contributed by atoms with Crippen LogP contribution in [0.3, 0.4) is 0 Å². The van der Waals surface area contributed by atoms with Crippen LogP contribution in [0.15, 0.2) is 0 Å². The molecule has 0 aromatic carbocycles. The van der Waals surface area contributed by atoms with E-state index in [4.69, 9.17) is 4.12 Å². The lowest BCUT2D eigenvalue weighted by Gasteiger charge is -2.19. The minimum atomic E-state index is -0.189. The molecule has 0 heterocycles. The smallest absolute Gasteiger partial charge is 0.151 e. The van der Waals surface area contributed by atoms with Crippen molar-refractivity contribution < 1.29 is 4.12 Å². The first-order chi connectivity index (χ1) is 3.62. The van der Waals surface area contributed by atoms with Gasteiger partial charge in [0.1, 0.15) is 10.5 Å². The highest BCUT2D eigenvalue weighted by Gasteiger charge is 2.14. The maximum absolute atomic E-state index is 5.28. The quantitative estimate of drug-likeness (QED) is 0.511. The summed E-state index contributed by atoms with van der Waals surface area (Å²) in [6.07, 6.45) is 1.27. The van der Waals surface area contributed by atoms with E-state index in [1.165, 1.54) is 6.42 Å². The highest BCUT2D eigenvalue weighted by Crippen LogP contribution is 2.25. The molecule has 0 atom stereocenters. The van der Waals surface area contributed by atoms with Gasteiger partial charge < -0.3 is 4.12 Å². The third kappa shape index (κ3) is 3.40. The molecule has 0 amide bonds. The minimum Gasteiger partial charge on any atom is -0.468 e. The fraction of sp³-hybridized carbons (Fsp3) is 1.00. The molecule has 1 nitrogen and oxygen atoms in total. The molecule has 0 bridgehead atoms. The van der Waals surface area contributed by atoms with Crippen molar-refractivity contribution in [3.8, 4) is 0 Å². The van der Waals surface area contributed by atoms with Crippen molar-refractivity contribution in [2.45, 2.75) is 32.2 Å². The molecule has 0 fully saturated rings. The van der Waals surface area contributed by atoms with E-state index in [-0.39, 0.29) is 9.76 Å². The number of hydrogen-bond acceptors (Lipinski definition) is 1. The van der Waals surface area contributed by atoms with Crippen molar-refractivity contribution in [3.05, 3.63) is 0 Å². The first kappa shape index (κ1) is 8.39. The molecule has 3 heteroatoms. The highest BCUT2D eigenvalue weighted by atomic mass is 28.3. The van der Waals surface area contributed by atoms with E-state index in [1.54, 1.807) is 0 Å². The lowest BCUT2D eigenvalue weighted by atomic mass is 10.1. The molecule has 0 aromatic rings. The molecule has 0 radical (unpaired) electrons. The molecule has 0 saturated carbocycles. The maximum atomic E-state index is 5.28. The summed E-state index contributed by atoms with van der Waals surface area (Å²) in [7, 11) is 0.748. The zero-order valence-corrected chi connectivity index (χ0v) is 9.74. The molecule has 0 spiro atoms. The Bertz CT molecular complexity index is 63.4. The van der Waals surface area contributed by atoms with Gasteiger partial charge in [0.05, 0.1) is 0 Å². The van der Waals surface area contributed by atoms with Crippen molar-refractivity contribution in [1.29, 1.82) is 0 Å². The molecular formula is C5H16OSi2. The predicted molar refractivity (Wildman–Crippen MR) is 43.9 cm³/mol. The molecule has 50 valence electrons. The summed E-state index contributed by atoms with van der Waals surface area (Å²) in [5.41, 5.74) is 0. The van der Waals surface area contributed by atoms with Crippen molar-refractivity contribution >= 4 is 20.2 Å². The monoisotopic (exact) mass is 148 g/mol. The van der Waals surface area contributed by atoms with Gasteiger partial charge in [0, 0.05) is 0 Å². The molecule has 0 aromatic heterocycles. The van der Waals surface area contributed by atoms with Crippen molar-refractivity contribution in [2.75, 3.05) is 0 Å². The van der Waals surface area contributed by atoms with Gasteiger partial charge in [-0.15, -0.1) is 0 Å². The average Bonchev–Trinajstić information content (AvgIpc) is 1.67. The van der Waals surface area contributed by atoms with Crippen LogP contribution in [0.4, 0.5) is 0 Å². The van der Waals surface area contributed by atoms with E-state index in [0.29, 0.717) is 5.04 Å². The van der Waals surface area contributed by atoms with E-state index < -0.39 is 0 Å². The Morgan fingerprint density at radius 2 is 2.12 bits per heavy atom. The van der Waals surface area contributed by atoms with E-state index >= 15 is 0 Å². The summed E-state index contributed by atoms with van der Waals surface area (Å²) in [6, 6.07) is 0. The standard InChI is InChI=1S/C5H16OSi2/c1-4-5(2,3)8-6-7/h4,8H2,1-3,7H3. The minimum absolute atomic E-state index is 0.189. The largest absolute Gasteiger partial charge is 0.468 e. The van der Waals surface area contributed by atoms with Gasteiger partial charge in [-0.1, -0.05) is 27.2 Å². The van der Waals surface area contributed by atoms with Crippen LogP contribution < -0.4 is 0 Å². The van der Waals surface area contributed by atoms with Crippen molar-refractivity contribution in [2.24, 2.45) is 0 Å². The fourth-order valence-electron chi connectivity index (χ4n) is 0.493. The van der Waals surface area contributed by atoms with Gasteiger partial charge in [-0.3, -0.25) is 0 Å². The number of rotatable bonds is 3. The topological polar surface area (TPSA) is 9.23 Å². The zero-order valence-electron chi connectivity index (χ0n) is 6.32. The van der Waals surface area contributed by atoms with Crippen LogP contribution in [-0.4, -0.2) is 20.2 Å². The van der Waals surface area contributed by atoms with Gasteiger partial charge in [0.2, 0.25) is 0 Å². The Balaban J connectivity index is 3.37. The summed E-state index contributed by atoms with van der Waals surface area (Å²) >= 11 is 0. The Labute approximate surface area is 57.3 Å². The molecule has 0 unspecified atom stereocenters. The first-order valence-electron chi connectivity index (χ1n) is 3.11. The Kier molecular flexibility index (Phi) is 3.59. The Morgan fingerprint density at radius 3 is 2.25 bits per heavy atom. The molecule has 0 saturated heterocycles. The van der Waals surface area contributed by atoms with Gasteiger partial charge in [0.25, 0.3) is 0 Å². The lowest BCUT2D eigenvalue weighted by molar-refractivity contribution is 0.548. The second-order valence-electron chi connectivity index (χ2n) is 2.95. The SMILES string of the molecule is CCC(C)(C)[SiH2]O[SiH3]. The van der Waals surface area contributed by atoms with E-state index in [2.05, 4.69) is 20.8 Å². The van der Waals surface area contributed by atoms with E-state index in [1.807, 2.05) is 0 Å². The maximum Gasteiger partial charge on any atom is 0.151 e. The van der Waals surface area contributed by atoms with Gasteiger partial charge in [0.15, 0.2) is 9.76 Å². The predicted octanol–water partition coefficient (Wildman–Crippen LogP) is -0.0243. The van der Waals surface area contributed by atoms with E-state index in [9.17, 15) is 0 Å². The summed E-state index contributed by atoms with van der Waals surface area (Å²) in [5, 5.41) is 0.543. The summed E-state index contributed by atoms with van der Waals surface area (Å²) in [5.74, 6) is 0. The molecule has 0 aliphatic heterocycles. The lowest BCUT2D eigenvalue weighted by Crippen LogP contribution is -2.13. The summed E-state index contributed by atoms with van der Waals surface area (Å²) in [6.45, 7) is 6.81. The van der Waals surface area contributed by atoms with Gasteiger partial charge >= 0.3 is 0 Å². The zero-order chi connectivity index (χ0) is 6.62. The third-order valence-electron chi connectivity index (χ3n) is 1.49. The van der Waals surface area contributed by atoms with Crippen LogP contribution in [0, 0.1) is 0 Å². The van der Waals surface area contributed by atoms with E-state index in [0.717, 1.165) is 10.5 Å². The van der Waals surface area contributed by atoms with Crippen LogP contribution in [0.2, 0.25) is 5.04 Å². The molecule has 0 rings (SSSR count). The third-order valence-corrected chi connectivity index (χ3v) is 3.93. The van der Waals surface area contributed by atoms with Crippen LogP contribution >= 0.6 is 0 Å². The van der Waals surface area contributed by atoms with Crippen LogP contribution in [0.25, 0.3) is 0 Å². The number of hydrogen-bond donors (Lipinski definition) is 0. The normalized spacial score (nSPS) is 13.9. The molecule has 0 aliphatic carbocycles. The van der Waals surface area contributed by atoms with Gasteiger partial charge in [-0.05, 0) is 5.04 Å². The van der Waals surface area contributed by atoms with Crippen LogP contribution in [-0.2, 0) is 4.12 Å². The molecule has 0 N–H and O–H groups in total. The fourth-order valence-corrected chi connectivity index (χ4v) is 3.82. The molecular weight excluding hydrogens is 132 g/mol. The highest BCUT2D eigenvalue weighted by molar-refractivity contribution is 6.37. The average molecular weight is 148 g/mol. The first-order valence-corrected chi connectivity index (χ1v) is 5.21. The van der Waals surface area contributed by atoms with Gasteiger partial charge in [-0.2, -0.15) is 0 Å². The second kappa shape index (κ2) is 3.43. The molecule has 8 heavy (non-hydrogen) atoms. The van der Waals surface area contributed by atoms with Crippen molar-refractivity contribution in [3.63, 3.8) is 0 Å². The Hall–Kier alpha value is 0.394. The second-order valence-corrected chi connectivity index (χ2v) is 7.46. The van der Waals surface area contributed by atoms with Crippen LogP contribution in [0.5, 0.6) is 0 Å². The molecule has 0 aliphatic rings. The summed E-state index contributed by atoms with van der Waals surface area (Å²) < 4.78 is 5.28. The van der Waals surface area contributed by atoms with Gasteiger partial charge in [-0.25, -0.2) is 0 Å². The Morgan fingerprint density at radius 1 is 1.62 bits per heavy atom.